The van der Waals surface area contributed by atoms with E-state index in [0.717, 1.165) is 33.4 Å². The molecule has 2 heterocycles. The van der Waals surface area contributed by atoms with Crippen LogP contribution in [0.5, 0.6) is 0 Å². The normalized spacial score (nSPS) is 10.9. The summed E-state index contributed by atoms with van der Waals surface area (Å²) in [5.41, 5.74) is 4.32. The monoisotopic (exact) mass is 266 g/mol. The van der Waals surface area contributed by atoms with E-state index in [1.165, 1.54) is 6.92 Å². The molecule has 0 aliphatic rings. The quantitative estimate of drug-likeness (QED) is 0.724. The van der Waals surface area contributed by atoms with Crippen molar-refractivity contribution in [2.75, 3.05) is 0 Å². The number of ketones is 1. The predicted molar refractivity (Wildman–Crippen MR) is 76.6 cm³/mol. The van der Waals surface area contributed by atoms with Crippen molar-refractivity contribution in [3.8, 4) is 11.1 Å². The van der Waals surface area contributed by atoms with Crippen LogP contribution >= 0.6 is 0 Å². The zero-order chi connectivity index (χ0) is 14.3. The van der Waals surface area contributed by atoms with Gasteiger partial charge in [-0.05, 0) is 37.1 Å². The fraction of sp³-hybridized carbons (Fsp3) is 0.200. The summed E-state index contributed by atoms with van der Waals surface area (Å²) >= 11 is 0. The maximum Gasteiger partial charge on any atom is 0.180 e. The Bertz CT molecular complexity index is 803. The number of Topliss-reactive ketones (excluding diaryl/α,β-unsaturated/α-hetero) is 1. The molecule has 0 aliphatic heterocycles. The lowest BCUT2D eigenvalue weighted by Crippen LogP contribution is -1.93. The van der Waals surface area contributed by atoms with Crippen LogP contribution in [-0.2, 0) is 0 Å². The topological polar surface area (TPSA) is 71.5 Å². The number of rotatable bonds is 2. The minimum atomic E-state index is -0.0482. The van der Waals surface area contributed by atoms with Crippen molar-refractivity contribution < 1.29 is 4.79 Å². The molecule has 0 unspecified atom stereocenters. The number of nitrogens with zero attached hydrogens (tertiary/aromatic N) is 3. The Balaban J connectivity index is 2.24. The van der Waals surface area contributed by atoms with Gasteiger partial charge in [-0.15, -0.1) is 0 Å². The first-order chi connectivity index (χ1) is 9.56. The van der Waals surface area contributed by atoms with Crippen molar-refractivity contribution in [2.24, 2.45) is 0 Å². The van der Waals surface area contributed by atoms with Gasteiger partial charge >= 0.3 is 0 Å². The van der Waals surface area contributed by atoms with Gasteiger partial charge in [-0.2, -0.15) is 5.10 Å². The standard InChI is InChI=1S/C15H14N4O/c1-8-4-11(12-6-16-10(3)17-7-12)5-13-14(8)18-19-15(13)9(2)20/h4-7H,1-3H3,(H,18,19). The summed E-state index contributed by atoms with van der Waals surface area (Å²) in [4.78, 5) is 20.0. The number of carbonyl (C=O) groups is 1. The number of aromatic nitrogens is 4. The first kappa shape index (κ1) is 12.5. The molecule has 3 rings (SSSR count). The van der Waals surface area contributed by atoms with Crippen LogP contribution in [0.15, 0.2) is 24.5 Å². The maximum atomic E-state index is 11.6. The van der Waals surface area contributed by atoms with Gasteiger partial charge in [-0.1, -0.05) is 0 Å². The van der Waals surface area contributed by atoms with Gasteiger partial charge in [0.1, 0.15) is 11.5 Å². The molecule has 5 heteroatoms. The molecule has 3 aromatic rings. The minimum absolute atomic E-state index is 0.0482. The van der Waals surface area contributed by atoms with Crippen molar-refractivity contribution >= 4 is 16.7 Å². The van der Waals surface area contributed by atoms with Gasteiger partial charge in [0, 0.05) is 30.3 Å². The molecule has 0 atom stereocenters. The van der Waals surface area contributed by atoms with Gasteiger partial charge in [0.15, 0.2) is 5.78 Å². The van der Waals surface area contributed by atoms with E-state index in [4.69, 9.17) is 0 Å². The molecule has 1 aromatic carbocycles. The first-order valence-corrected chi connectivity index (χ1v) is 6.35. The molecule has 0 saturated heterocycles. The van der Waals surface area contributed by atoms with Crippen molar-refractivity contribution in [3.63, 3.8) is 0 Å². The molecule has 0 radical (unpaired) electrons. The third kappa shape index (κ3) is 1.97. The summed E-state index contributed by atoms with van der Waals surface area (Å²) < 4.78 is 0. The number of hydrogen-bond donors (Lipinski definition) is 1. The molecule has 0 amide bonds. The largest absolute Gasteiger partial charge is 0.293 e. The third-order valence-electron chi connectivity index (χ3n) is 3.32. The number of aromatic amines is 1. The summed E-state index contributed by atoms with van der Waals surface area (Å²) in [5.74, 6) is 0.687. The van der Waals surface area contributed by atoms with Crippen LogP contribution < -0.4 is 0 Å². The summed E-state index contributed by atoms with van der Waals surface area (Å²) in [6, 6.07) is 4.00. The van der Waals surface area contributed by atoms with Gasteiger partial charge in [0.05, 0.1) is 5.52 Å². The number of aryl methyl sites for hydroxylation is 2. The summed E-state index contributed by atoms with van der Waals surface area (Å²) in [7, 11) is 0. The van der Waals surface area contributed by atoms with Crippen molar-refractivity contribution in [2.45, 2.75) is 20.8 Å². The van der Waals surface area contributed by atoms with Gasteiger partial charge in [-0.3, -0.25) is 9.89 Å². The average Bonchev–Trinajstić information content (AvgIpc) is 2.84. The number of benzene rings is 1. The van der Waals surface area contributed by atoms with E-state index < -0.39 is 0 Å². The lowest BCUT2D eigenvalue weighted by Gasteiger charge is -2.04. The Kier molecular flexibility index (Phi) is 2.82. The molecule has 20 heavy (non-hydrogen) atoms. The molecule has 0 spiro atoms. The fourth-order valence-corrected chi connectivity index (χ4v) is 2.27. The smallest absolute Gasteiger partial charge is 0.180 e. The van der Waals surface area contributed by atoms with Gasteiger partial charge in [0.2, 0.25) is 0 Å². The van der Waals surface area contributed by atoms with E-state index in [1.807, 2.05) is 26.0 Å². The third-order valence-corrected chi connectivity index (χ3v) is 3.32. The number of H-pyrrole nitrogens is 1. The molecule has 5 nitrogen and oxygen atoms in total. The SMILES string of the molecule is CC(=O)c1n[nH]c2c(C)cc(-c3cnc(C)nc3)cc12. The van der Waals surface area contributed by atoms with Gasteiger partial charge < -0.3 is 0 Å². The second kappa shape index (κ2) is 4.52. The highest BCUT2D eigenvalue weighted by atomic mass is 16.1. The maximum absolute atomic E-state index is 11.6. The molecule has 100 valence electrons. The van der Waals surface area contributed by atoms with Crippen LogP contribution in [0.1, 0.15) is 28.8 Å². The van der Waals surface area contributed by atoms with Crippen LogP contribution in [0.25, 0.3) is 22.0 Å². The highest BCUT2D eigenvalue weighted by Crippen LogP contribution is 2.27. The zero-order valence-corrected chi connectivity index (χ0v) is 11.6. The Labute approximate surface area is 116 Å². The number of hydrogen-bond acceptors (Lipinski definition) is 4. The highest BCUT2D eigenvalue weighted by Gasteiger charge is 2.13. The number of fused-ring (bicyclic) bond motifs is 1. The summed E-state index contributed by atoms with van der Waals surface area (Å²) in [6.45, 7) is 5.36. The molecular weight excluding hydrogens is 252 g/mol. The molecule has 0 fully saturated rings. The van der Waals surface area contributed by atoms with E-state index in [9.17, 15) is 4.79 Å². The van der Waals surface area contributed by atoms with E-state index >= 15 is 0 Å². The van der Waals surface area contributed by atoms with E-state index in [2.05, 4.69) is 20.2 Å². The Morgan fingerprint density at radius 1 is 1.10 bits per heavy atom. The average molecular weight is 266 g/mol. The summed E-state index contributed by atoms with van der Waals surface area (Å²) in [5, 5.41) is 7.86. The molecule has 0 saturated carbocycles. The Morgan fingerprint density at radius 3 is 2.45 bits per heavy atom. The van der Waals surface area contributed by atoms with Crippen molar-refractivity contribution in [1.82, 2.24) is 20.2 Å². The van der Waals surface area contributed by atoms with Crippen LogP contribution in [0.3, 0.4) is 0 Å². The molecule has 2 aromatic heterocycles. The van der Waals surface area contributed by atoms with Crippen LogP contribution in [-0.4, -0.2) is 25.9 Å². The minimum Gasteiger partial charge on any atom is -0.293 e. The lowest BCUT2D eigenvalue weighted by atomic mass is 10.0. The number of carbonyl (C=O) groups excluding carboxylic acids is 1. The Hall–Kier alpha value is -2.56. The fourth-order valence-electron chi connectivity index (χ4n) is 2.27. The molecular formula is C15H14N4O. The van der Waals surface area contributed by atoms with E-state index in [1.54, 1.807) is 12.4 Å². The van der Waals surface area contributed by atoms with Gasteiger partial charge in [-0.25, -0.2) is 9.97 Å². The second-order valence-corrected chi connectivity index (χ2v) is 4.86. The predicted octanol–water partition coefficient (Wildman–Crippen LogP) is 2.84. The van der Waals surface area contributed by atoms with E-state index in [-0.39, 0.29) is 5.78 Å². The van der Waals surface area contributed by atoms with Gasteiger partial charge in [0.25, 0.3) is 0 Å². The second-order valence-electron chi connectivity index (χ2n) is 4.86. The summed E-state index contributed by atoms with van der Waals surface area (Å²) in [6.07, 6.45) is 3.58. The first-order valence-electron chi connectivity index (χ1n) is 6.35. The van der Waals surface area contributed by atoms with Crippen LogP contribution in [0.2, 0.25) is 0 Å². The molecule has 1 N–H and O–H groups in total. The highest BCUT2D eigenvalue weighted by molar-refractivity contribution is 6.06. The lowest BCUT2D eigenvalue weighted by molar-refractivity contribution is 0.101. The van der Waals surface area contributed by atoms with Crippen molar-refractivity contribution in [1.29, 1.82) is 0 Å². The molecule has 0 aliphatic carbocycles. The molecule has 0 bridgehead atoms. The zero-order valence-electron chi connectivity index (χ0n) is 11.6. The Morgan fingerprint density at radius 2 is 1.80 bits per heavy atom. The van der Waals surface area contributed by atoms with E-state index in [0.29, 0.717) is 5.69 Å². The van der Waals surface area contributed by atoms with Crippen LogP contribution in [0, 0.1) is 13.8 Å². The van der Waals surface area contributed by atoms with Crippen LogP contribution in [0.4, 0.5) is 0 Å². The number of nitrogens with one attached hydrogen (secondary N) is 1. The van der Waals surface area contributed by atoms with Crippen molar-refractivity contribution in [3.05, 3.63) is 41.6 Å².